The van der Waals surface area contributed by atoms with E-state index in [1.807, 2.05) is 69.4 Å². The van der Waals surface area contributed by atoms with Gasteiger partial charge in [-0.2, -0.15) is 0 Å². The van der Waals surface area contributed by atoms with Crippen molar-refractivity contribution in [1.82, 2.24) is 0 Å². The molecule has 3 nitrogen and oxygen atoms in total. The molecule has 2 aromatic rings. The van der Waals surface area contributed by atoms with Crippen molar-refractivity contribution in [1.29, 1.82) is 0 Å². The van der Waals surface area contributed by atoms with Gasteiger partial charge < -0.3 is 10.2 Å². The van der Waals surface area contributed by atoms with Gasteiger partial charge in [-0.25, -0.2) is 0 Å². The van der Waals surface area contributed by atoms with Gasteiger partial charge in [0.2, 0.25) is 0 Å². The molecule has 0 fully saturated rings. The second-order valence-corrected chi connectivity index (χ2v) is 4.68. The Labute approximate surface area is 120 Å². The lowest BCUT2D eigenvalue weighted by atomic mass is 10.1. The van der Waals surface area contributed by atoms with Crippen molar-refractivity contribution in [2.45, 2.75) is 13.8 Å². The first-order chi connectivity index (χ1) is 9.67. The molecule has 1 amide bonds. The summed E-state index contributed by atoms with van der Waals surface area (Å²) in [5.41, 5.74) is 3.62. The van der Waals surface area contributed by atoms with E-state index in [1.165, 1.54) is 0 Å². The van der Waals surface area contributed by atoms with Crippen LogP contribution in [-0.2, 0) is 0 Å². The molecule has 20 heavy (non-hydrogen) atoms. The molecule has 0 saturated heterocycles. The van der Waals surface area contributed by atoms with Crippen molar-refractivity contribution in [3.05, 3.63) is 59.7 Å². The van der Waals surface area contributed by atoms with E-state index >= 15 is 0 Å². The van der Waals surface area contributed by atoms with Crippen molar-refractivity contribution in [3.63, 3.8) is 0 Å². The van der Waals surface area contributed by atoms with Gasteiger partial charge in [-0.3, -0.25) is 4.79 Å². The minimum Gasteiger partial charge on any atom is -0.387 e. The number of carbonyl (C=O) groups is 1. The molecule has 3 heteroatoms. The first-order valence-electron chi connectivity index (χ1n) is 6.82. The van der Waals surface area contributed by atoms with Gasteiger partial charge in [-0.15, -0.1) is 0 Å². The molecule has 0 unspecified atom stereocenters. The van der Waals surface area contributed by atoms with Crippen molar-refractivity contribution in [2.75, 3.05) is 23.8 Å². The lowest BCUT2D eigenvalue weighted by molar-refractivity contribution is 0.0989. The van der Waals surface area contributed by atoms with E-state index in [-0.39, 0.29) is 5.91 Å². The lowest BCUT2D eigenvalue weighted by Gasteiger charge is -2.22. The zero-order valence-electron chi connectivity index (χ0n) is 12.2. The van der Waals surface area contributed by atoms with Crippen molar-refractivity contribution in [2.24, 2.45) is 0 Å². The third-order valence-corrected chi connectivity index (χ3v) is 3.30. The first-order valence-corrected chi connectivity index (χ1v) is 6.82. The zero-order chi connectivity index (χ0) is 14.5. The molecule has 0 aliphatic carbocycles. The number of carbonyl (C=O) groups excluding carboxylic acids is 1. The Kier molecular flexibility index (Phi) is 4.41. The number of anilines is 2. The Bertz CT molecular complexity index is 593. The molecule has 0 saturated carbocycles. The summed E-state index contributed by atoms with van der Waals surface area (Å²) in [4.78, 5) is 14.5. The average Bonchev–Trinajstić information content (AvgIpc) is 2.48. The number of nitrogens with zero attached hydrogens (tertiary/aromatic N) is 1. The van der Waals surface area contributed by atoms with E-state index in [0.717, 1.165) is 16.9 Å². The normalized spacial score (nSPS) is 10.2. The number of hydrogen-bond acceptors (Lipinski definition) is 2. The molecule has 104 valence electrons. The highest BCUT2D eigenvalue weighted by molar-refractivity contribution is 6.09. The molecule has 0 bridgehead atoms. The molecular formula is C17H20N2O. The number of nitrogens with one attached hydrogen (secondary N) is 1. The minimum absolute atomic E-state index is 0.0167. The Balaban J connectivity index is 2.39. The fourth-order valence-corrected chi connectivity index (χ4v) is 2.25. The van der Waals surface area contributed by atoms with E-state index in [9.17, 15) is 4.79 Å². The summed E-state index contributed by atoms with van der Waals surface area (Å²) >= 11 is 0. The van der Waals surface area contributed by atoms with Crippen LogP contribution in [0.25, 0.3) is 0 Å². The van der Waals surface area contributed by atoms with Gasteiger partial charge in [-0.1, -0.05) is 24.3 Å². The fraction of sp³-hybridized carbons (Fsp3) is 0.235. The topological polar surface area (TPSA) is 32.3 Å². The van der Waals surface area contributed by atoms with Gasteiger partial charge >= 0.3 is 0 Å². The molecule has 0 aliphatic heterocycles. The zero-order valence-corrected chi connectivity index (χ0v) is 12.2. The van der Waals surface area contributed by atoms with Crippen LogP contribution in [0.1, 0.15) is 22.8 Å². The third-order valence-electron chi connectivity index (χ3n) is 3.30. The average molecular weight is 268 g/mol. The van der Waals surface area contributed by atoms with Crippen LogP contribution in [-0.4, -0.2) is 19.5 Å². The predicted octanol–water partition coefficient (Wildman–Crippen LogP) is 3.70. The van der Waals surface area contributed by atoms with Gasteiger partial charge in [0.1, 0.15) is 0 Å². The number of aryl methyl sites for hydroxylation is 1. The quantitative estimate of drug-likeness (QED) is 0.917. The summed E-state index contributed by atoms with van der Waals surface area (Å²) in [6.45, 7) is 4.64. The highest BCUT2D eigenvalue weighted by Crippen LogP contribution is 2.22. The Morgan fingerprint density at radius 3 is 2.45 bits per heavy atom. The van der Waals surface area contributed by atoms with Gasteiger partial charge in [0.15, 0.2) is 0 Å². The molecule has 0 atom stereocenters. The fourth-order valence-electron chi connectivity index (χ4n) is 2.25. The monoisotopic (exact) mass is 268 g/mol. The maximum atomic E-state index is 12.8. The maximum Gasteiger partial charge on any atom is 0.260 e. The van der Waals surface area contributed by atoms with Crippen LogP contribution in [0.15, 0.2) is 48.5 Å². The largest absolute Gasteiger partial charge is 0.387 e. The molecule has 0 radical (unpaired) electrons. The summed E-state index contributed by atoms with van der Waals surface area (Å²) in [5.74, 6) is 0.0167. The minimum atomic E-state index is 0.0167. The highest BCUT2D eigenvalue weighted by Gasteiger charge is 2.18. The lowest BCUT2D eigenvalue weighted by Crippen LogP contribution is -2.31. The van der Waals surface area contributed by atoms with Gasteiger partial charge in [0.05, 0.1) is 5.56 Å². The van der Waals surface area contributed by atoms with Crippen molar-refractivity contribution >= 4 is 17.3 Å². The predicted molar refractivity (Wildman–Crippen MR) is 84.5 cm³/mol. The molecule has 0 spiro atoms. The number of benzene rings is 2. The van der Waals surface area contributed by atoms with Crippen LogP contribution in [0.4, 0.5) is 11.4 Å². The second kappa shape index (κ2) is 6.24. The summed E-state index contributed by atoms with van der Waals surface area (Å²) in [6, 6.07) is 15.6. The molecular weight excluding hydrogens is 248 g/mol. The standard InChI is InChI=1S/C17H20N2O/c1-4-19(14-8-6-5-7-9-14)17(20)15-11-10-13(2)12-16(15)18-3/h5-12,18H,4H2,1-3H3. The van der Waals surface area contributed by atoms with Crippen LogP contribution in [0.5, 0.6) is 0 Å². The maximum absolute atomic E-state index is 12.8. The van der Waals surface area contributed by atoms with Crippen molar-refractivity contribution < 1.29 is 4.79 Å². The summed E-state index contributed by atoms with van der Waals surface area (Å²) in [7, 11) is 1.84. The third kappa shape index (κ3) is 2.82. The van der Waals surface area contributed by atoms with E-state index in [1.54, 1.807) is 4.90 Å². The van der Waals surface area contributed by atoms with E-state index in [4.69, 9.17) is 0 Å². The van der Waals surface area contributed by atoms with E-state index < -0.39 is 0 Å². The van der Waals surface area contributed by atoms with Crippen LogP contribution < -0.4 is 10.2 Å². The first kappa shape index (κ1) is 14.1. The van der Waals surface area contributed by atoms with Gasteiger partial charge in [0.25, 0.3) is 5.91 Å². The van der Waals surface area contributed by atoms with Crippen LogP contribution in [0.2, 0.25) is 0 Å². The van der Waals surface area contributed by atoms with E-state index in [2.05, 4.69) is 5.32 Å². The number of hydrogen-bond donors (Lipinski definition) is 1. The number of amides is 1. The second-order valence-electron chi connectivity index (χ2n) is 4.68. The summed E-state index contributed by atoms with van der Waals surface area (Å²) in [6.07, 6.45) is 0. The molecule has 0 aliphatic rings. The van der Waals surface area contributed by atoms with Crippen molar-refractivity contribution in [3.8, 4) is 0 Å². The number of rotatable bonds is 4. The van der Waals surface area contributed by atoms with Crippen LogP contribution in [0.3, 0.4) is 0 Å². The van der Waals surface area contributed by atoms with E-state index in [0.29, 0.717) is 12.1 Å². The SMILES string of the molecule is CCN(C(=O)c1ccc(C)cc1NC)c1ccccc1. The summed E-state index contributed by atoms with van der Waals surface area (Å²) in [5, 5.41) is 3.10. The smallest absolute Gasteiger partial charge is 0.260 e. The molecule has 2 aromatic carbocycles. The van der Waals surface area contributed by atoms with Gasteiger partial charge in [-0.05, 0) is 43.7 Å². The molecule has 0 heterocycles. The Morgan fingerprint density at radius 2 is 1.85 bits per heavy atom. The van der Waals surface area contributed by atoms with Gasteiger partial charge in [0, 0.05) is 25.0 Å². The van der Waals surface area contributed by atoms with Crippen LogP contribution in [0, 0.1) is 6.92 Å². The Hall–Kier alpha value is -2.29. The molecule has 0 aromatic heterocycles. The summed E-state index contributed by atoms with van der Waals surface area (Å²) < 4.78 is 0. The number of para-hydroxylation sites is 1. The molecule has 2 rings (SSSR count). The Morgan fingerprint density at radius 1 is 1.15 bits per heavy atom. The highest BCUT2D eigenvalue weighted by atomic mass is 16.2. The molecule has 1 N–H and O–H groups in total. The van der Waals surface area contributed by atoms with Crippen LogP contribution >= 0.6 is 0 Å².